The fourth-order valence-electron chi connectivity index (χ4n) is 4.18. The highest BCUT2D eigenvalue weighted by molar-refractivity contribution is 5.93. The number of likely N-dealkylation sites (tertiary alicyclic amines) is 1. The van der Waals surface area contributed by atoms with Gasteiger partial charge in [-0.15, -0.1) is 0 Å². The van der Waals surface area contributed by atoms with Gasteiger partial charge in [-0.25, -0.2) is 0 Å². The van der Waals surface area contributed by atoms with Gasteiger partial charge in [0.2, 0.25) is 0 Å². The number of amides is 1. The van der Waals surface area contributed by atoms with Crippen LogP contribution >= 0.6 is 0 Å². The highest BCUT2D eigenvalue weighted by Crippen LogP contribution is 2.34. The smallest absolute Gasteiger partial charge is 0.255 e. The van der Waals surface area contributed by atoms with Crippen LogP contribution in [0.2, 0.25) is 0 Å². The van der Waals surface area contributed by atoms with E-state index in [-0.39, 0.29) is 17.6 Å². The Morgan fingerprint density at radius 1 is 1.28 bits per heavy atom. The summed E-state index contributed by atoms with van der Waals surface area (Å²) in [7, 11) is 0. The van der Waals surface area contributed by atoms with Gasteiger partial charge >= 0.3 is 0 Å². The first kappa shape index (κ1) is 16.9. The second-order valence-electron chi connectivity index (χ2n) is 7.38. The van der Waals surface area contributed by atoms with Gasteiger partial charge in [-0.2, -0.15) is 10.2 Å². The van der Waals surface area contributed by atoms with Crippen molar-refractivity contribution in [1.29, 1.82) is 0 Å². The summed E-state index contributed by atoms with van der Waals surface area (Å²) in [5.41, 5.74) is 0.204. The number of ether oxygens (including phenoxy) is 2. The number of hydrogen-bond donors (Lipinski definition) is 0. The van der Waals surface area contributed by atoms with Gasteiger partial charge in [0.15, 0.2) is 0 Å². The van der Waals surface area contributed by atoms with Crippen molar-refractivity contribution in [3.8, 4) is 0 Å². The molecule has 1 spiro atoms. The third kappa shape index (κ3) is 3.83. The molecule has 1 aromatic heterocycles. The lowest BCUT2D eigenvalue weighted by atomic mass is 9.99. The van der Waals surface area contributed by atoms with Gasteiger partial charge in [0.25, 0.3) is 5.91 Å². The molecular weight excluding hydrogens is 320 g/mol. The summed E-state index contributed by atoms with van der Waals surface area (Å²) < 4.78 is 12.3. The summed E-state index contributed by atoms with van der Waals surface area (Å²) in [5, 5.41) is 7.56. The fourth-order valence-corrected chi connectivity index (χ4v) is 4.18. The summed E-state index contributed by atoms with van der Waals surface area (Å²) in [5.74, 6) is -0.0219. The first-order valence-corrected chi connectivity index (χ1v) is 9.28. The van der Waals surface area contributed by atoms with Crippen LogP contribution in [0.3, 0.4) is 0 Å². The van der Waals surface area contributed by atoms with Crippen LogP contribution in [0.15, 0.2) is 18.5 Å². The zero-order chi connectivity index (χ0) is 17.1. The van der Waals surface area contributed by atoms with E-state index in [4.69, 9.17) is 9.47 Å². The van der Waals surface area contributed by atoms with E-state index in [1.807, 2.05) is 4.90 Å². The van der Waals surface area contributed by atoms with Crippen LogP contribution in [-0.2, 0) is 9.47 Å². The molecule has 2 atom stereocenters. The maximum atomic E-state index is 12.8. The molecule has 136 valence electrons. The van der Waals surface area contributed by atoms with E-state index in [9.17, 15) is 4.79 Å². The van der Waals surface area contributed by atoms with E-state index in [2.05, 4.69) is 15.1 Å². The third-order valence-electron chi connectivity index (χ3n) is 5.47. The zero-order valence-electron chi connectivity index (χ0n) is 14.6. The van der Waals surface area contributed by atoms with Crippen molar-refractivity contribution < 1.29 is 14.3 Å². The van der Waals surface area contributed by atoms with E-state index < -0.39 is 0 Å². The van der Waals surface area contributed by atoms with Crippen LogP contribution in [0, 0.1) is 0 Å². The van der Waals surface area contributed by atoms with Gasteiger partial charge in [-0.1, -0.05) is 0 Å². The van der Waals surface area contributed by atoms with E-state index in [1.54, 1.807) is 12.3 Å². The van der Waals surface area contributed by atoms with Crippen molar-refractivity contribution in [3.63, 3.8) is 0 Å². The van der Waals surface area contributed by atoms with Crippen molar-refractivity contribution in [1.82, 2.24) is 20.0 Å². The Morgan fingerprint density at radius 3 is 2.96 bits per heavy atom. The minimum absolute atomic E-state index is 0.0219. The van der Waals surface area contributed by atoms with Gasteiger partial charge in [-0.05, 0) is 44.8 Å². The molecule has 0 bridgehead atoms. The van der Waals surface area contributed by atoms with Crippen molar-refractivity contribution in [2.75, 3.05) is 45.9 Å². The molecule has 3 fully saturated rings. The molecule has 4 heterocycles. The molecule has 3 aliphatic rings. The highest BCUT2D eigenvalue weighted by atomic mass is 16.6. The minimum atomic E-state index is -0.364. The Labute approximate surface area is 148 Å². The van der Waals surface area contributed by atoms with Gasteiger partial charge < -0.3 is 19.3 Å². The predicted octanol–water partition coefficient (Wildman–Crippen LogP) is 0.963. The third-order valence-corrected chi connectivity index (χ3v) is 5.47. The Morgan fingerprint density at radius 2 is 2.16 bits per heavy atom. The molecule has 25 heavy (non-hydrogen) atoms. The van der Waals surface area contributed by atoms with Crippen LogP contribution in [0.4, 0.5) is 0 Å². The predicted molar refractivity (Wildman–Crippen MR) is 91.3 cm³/mol. The van der Waals surface area contributed by atoms with Crippen molar-refractivity contribution in [2.24, 2.45) is 0 Å². The van der Waals surface area contributed by atoms with Crippen LogP contribution in [0.1, 0.15) is 36.0 Å². The van der Waals surface area contributed by atoms with Crippen LogP contribution in [-0.4, -0.2) is 83.5 Å². The number of nitrogens with zero attached hydrogens (tertiary/aromatic N) is 4. The lowest BCUT2D eigenvalue weighted by Gasteiger charge is -2.32. The number of carbonyl (C=O) groups excluding carboxylic acids is 1. The summed E-state index contributed by atoms with van der Waals surface area (Å²) in [4.78, 5) is 17.1. The molecule has 3 saturated heterocycles. The molecule has 0 aliphatic carbocycles. The molecular formula is C18H26N4O3. The molecule has 3 aliphatic heterocycles. The van der Waals surface area contributed by atoms with E-state index in [1.165, 1.54) is 32.1 Å². The van der Waals surface area contributed by atoms with E-state index >= 15 is 0 Å². The normalized spacial score (nSPS) is 30.7. The molecule has 4 rings (SSSR count). The number of rotatable bonds is 3. The standard InChI is InChI=1S/C18H26N4O3/c23-17(15-4-6-19-20-11-15)22-9-10-24-14-18(13-22)5-3-16(25-18)12-21-7-1-2-8-21/h4,6,11,16H,1-3,5,7-10,12-14H2/t16-,18-/m0/s1. The maximum absolute atomic E-state index is 12.8. The number of hydrogen-bond acceptors (Lipinski definition) is 6. The van der Waals surface area contributed by atoms with E-state index in [0.29, 0.717) is 31.9 Å². The fraction of sp³-hybridized carbons (Fsp3) is 0.722. The molecule has 1 aromatic rings. The largest absolute Gasteiger partial charge is 0.377 e. The highest BCUT2D eigenvalue weighted by Gasteiger charge is 2.44. The Bertz CT molecular complexity index is 593. The van der Waals surface area contributed by atoms with Gasteiger partial charge in [0, 0.05) is 13.1 Å². The first-order valence-electron chi connectivity index (χ1n) is 9.28. The molecule has 1 amide bonds. The van der Waals surface area contributed by atoms with Crippen molar-refractivity contribution in [3.05, 3.63) is 24.0 Å². The topological polar surface area (TPSA) is 67.8 Å². The number of carbonyl (C=O) groups is 1. The molecule has 0 N–H and O–H groups in total. The maximum Gasteiger partial charge on any atom is 0.255 e. The molecule has 0 saturated carbocycles. The monoisotopic (exact) mass is 346 g/mol. The Hall–Kier alpha value is -1.57. The molecule has 7 nitrogen and oxygen atoms in total. The average Bonchev–Trinajstić information content (AvgIpc) is 3.23. The second-order valence-corrected chi connectivity index (χ2v) is 7.38. The molecule has 0 unspecified atom stereocenters. The quantitative estimate of drug-likeness (QED) is 0.812. The summed E-state index contributed by atoms with van der Waals surface area (Å²) in [6, 6.07) is 1.71. The van der Waals surface area contributed by atoms with Crippen molar-refractivity contribution in [2.45, 2.75) is 37.4 Å². The molecule has 0 aromatic carbocycles. The van der Waals surface area contributed by atoms with Crippen LogP contribution < -0.4 is 0 Å². The lowest BCUT2D eigenvalue weighted by Crippen LogP contribution is -2.47. The van der Waals surface area contributed by atoms with Crippen LogP contribution in [0.5, 0.6) is 0 Å². The average molecular weight is 346 g/mol. The van der Waals surface area contributed by atoms with Gasteiger partial charge in [0.05, 0.1) is 43.8 Å². The SMILES string of the molecule is O=C(c1ccnnc1)N1CCOC[C@]2(CC[C@@H](CN3CCCC3)O2)C1. The molecule has 7 heteroatoms. The zero-order valence-corrected chi connectivity index (χ0v) is 14.6. The second kappa shape index (κ2) is 7.35. The first-order chi connectivity index (χ1) is 12.2. The minimum Gasteiger partial charge on any atom is -0.377 e. The van der Waals surface area contributed by atoms with Crippen molar-refractivity contribution >= 4 is 5.91 Å². The Kier molecular flexibility index (Phi) is 4.96. The van der Waals surface area contributed by atoms with Gasteiger partial charge in [0.1, 0.15) is 5.60 Å². The summed E-state index contributed by atoms with van der Waals surface area (Å²) >= 11 is 0. The summed E-state index contributed by atoms with van der Waals surface area (Å²) in [6.07, 6.45) is 7.90. The van der Waals surface area contributed by atoms with Crippen LogP contribution in [0.25, 0.3) is 0 Å². The number of aromatic nitrogens is 2. The van der Waals surface area contributed by atoms with E-state index in [0.717, 1.165) is 19.4 Å². The molecule has 0 radical (unpaired) electrons. The Balaban J connectivity index is 1.42. The van der Waals surface area contributed by atoms with Gasteiger partial charge in [-0.3, -0.25) is 4.79 Å². The summed E-state index contributed by atoms with van der Waals surface area (Å²) in [6.45, 7) is 5.66. The lowest BCUT2D eigenvalue weighted by molar-refractivity contribution is -0.0890.